The molecule has 5 nitrogen and oxygen atoms in total. The largest absolute Gasteiger partial charge is 0.418 e. The predicted molar refractivity (Wildman–Crippen MR) is 93.5 cm³/mol. The molecular weight excluding hydrogens is 367 g/mol. The summed E-state index contributed by atoms with van der Waals surface area (Å²) in [5.41, 5.74) is 0.331. The van der Waals surface area contributed by atoms with E-state index in [2.05, 4.69) is 4.98 Å². The summed E-state index contributed by atoms with van der Waals surface area (Å²) in [4.78, 5) is 4.21. The Morgan fingerprint density at radius 1 is 1.19 bits per heavy atom. The minimum Gasteiger partial charge on any atom is -0.327 e. The zero-order valence-corrected chi connectivity index (χ0v) is 15.7. The average molecular weight is 389 g/mol. The fourth-order valence-corrected chi connectivity index (χ4v) is 4.35. The molecule has 0 bridgehead atoms. The lowest BCUT2D eigenvalue weighted by Gasteiger charge is -2.31. The molecule has 1 aliphatic rings. The Morgan fingerprint density at radius 3 is 2.31 bits per heavy atom. The molecule has 0 spiro atoms. The van der Waals surface area contributed by atoms with Gasteiger partial charge in [-0.1, -0.05) is 13.8 Å². The summed E-state index contributed by atoms with van der Waals surface area (Å²) in [5.74, 6) is -0.0383. The highest BCUT2D eigenvalue weighted by Gasteiger charge is 2.36. The number of alkyl halides is 3. The van der Waals surface area contributed by atoms with Crippen molar-refractivity contribution in [1.82, 2.24) is 13.9 Å². The number of imidazole rings is 1. The molecule has 9 heteroatoms. The number of rotatable bonds is 3. The Kier molecular flexibility index (Phi) is 4.81. The Bertz CT molecular complexity index is 911. The first-order valence-electron chi connectivity index (χ1n) is 8.51. The zero-order chi connectivity index (χ0) is 19.3. The van der Waals surface area contributed by atoms with Gasteiger partial charge in [0.15, 0.2) is 0 Å². The monoisotopic (exact) mass is 389 g/mol. The third-order valence-corrected chi connectivity index (χ3v) is 6.25. The molecule has 0 radical (unpaired) electrons. The smallest absolute Gasteiger partial charge is 0.327 e. The SMILES string of the molecule is CC(C)c1cc(C(F)(F)F)c2c(c1)ncn2C1CCN(S(C)(=O)=O)CC1. The minimum atomic E-state index is -4.48. The lowest BCUT2D eigenvalue weighted by molar-refractivity contribution is -0.136. The van der Waals surface area contributed by atoms with Gasteiger partial charge in [-0.25, -0.2) is 17.7 Å². The van der Waals surface area contributed by atoms with Crippen LogP contribution in [0.25, 0.3) is 11.0 Å². The van der Waals surface area contributed by atoms with Crippen LogP contribution < -0.4 is 0 Å². The van der Waals surface area contributed by atoms with E-state index in [4.69, 9.17) is 0 Å². The molecule has 144 valence electrons. The predicted octanol–water partition coefficient (Wildman–Crippen LogP) is 3.78. The second-order valence-electron chi connectivity index (χ2n) is 7.13. The van der Waals surface area contributed by atoms with Crippen LogP contribution in [0.1, 0.15) is 49.8 Å². The summed E-state index contributed by atoms with van der Waals surface area (Å²) in [7, 11) is -3.28. The van der Waals surface area contributed by atoms with Gasteiger partial charge in [-0.05, 0) is 36.5 Å². The Balaban J connectivity index is 2.03. The van der Waals surface area contributed by atoms with Gasteiger partial charge in [0.1, 0.15) is 0 Å². The van der Waals surface area contributed by atoms with Crippen molar-refractivity contribution in [1.29, 1.82) is 0 Å². The maximum atomic E-state index is 13.7. The molecule has 0 aliphatic carbocycles. The van der Waals surface area contributed by atoms with Gasteiger partial charge in [-0.15, -0.1) is 0 Å². The summed E-state index contributed by atoms with van der Waals surface area (Å²) in [5, 5.41) is 0. The van der Waals surface area contributed by atoms with Crippen molar-refractivity contribution in [3.8, 4) is 0 Å². The molecule has 1 aromatic heterocycles. The fraction of sp³-hybridized carbons (Fsp3) is 0.588. The summed E-state index contributed by atoms with van der Waals surface area (Å²) in [6, 6.07) is 2.71. The number of sulfonamides is 1. The number of aromatic nitrogens is 2. The van der Waals surface area contributed by atoms with Gasteiger partial charge in [-0.3, -0.25) is 0 Å². The molecule has 0 unspecified atom stereocenters. The quantitative estimate of drug-likeness (QED) is 0.803. The van der Waals surface area contributed by atoms with Crippen LogP contribution in [0.3, 0.4) is 0 Å². The van der Waals surface area contributed by atoms with Gasteiger partial charge in [0.2, 0.25) is 10.0 Å². The second-order valence-corrected chi connectivity index (χ2v) is 9.12. The first kappa shape index (κ1) is 19.2. The molecule has 1 aliphatic heterocycles. The van der Waals surface area contributed by atoms with E-state index in [-0.39, 0.29) is 17.5 Å². The number of piperidine rings is 1. The first-order chi connectivity index (χ1) is 12.0. The normalized spacial score (nSPS) is 18.1. The van der Waals surface area contributed by atoms with Crippen molar-refractivity contribution in [3.63, 3.8) is 0 Å². The van der Waals surface area contributed by atoms with Crippen molar-refractivity contribution >= 4 is 21.1 Å². The minimum absolute atomic E-state index is 0.0383. The highest BCUT2D eigenvalue weighted by molar-refractivity contribution is 7.88. The molecule has 3 rings (SSSR count). The van der Waals surface area contributed by atoms with Crippen molar-refractivity contribution < 1.29 is 21.6 Å². The lowest BCUT2D eigenvalue weighted by Crippen LogP contribution is -2.38. The number of hydrogen-bond donors (Lipinski definition) is 0. The van der Waals surface area contributed by atoms with Gasteiger partial charge in [0.05, 0.1) is 29.2 Å². The molecular formula is C17H22F3N3O2S. The molecule has 1 saturated heterocycles. The van der Waals surface area contributed by atoms with Crippen LogP contribution in [-0.2, 0) is 16.2 Å². The summed E-state index contributed by atoms with van der Waals surface area (Å²) in [6.07, 6.45) is -0.960. The molecule has 1 fully saturated rings. The van der Waals surface area contributed by atoms with Gasteiger partial charge in [0.25, 0.3) is 0 Å². The molecule has 1 aromatic carbocycles. The van der Waals surface area contributed by atoms with E-state index in [0.717, 1.165) is 6.26 Å². The van der Waals surface area contributed by atoms with Gasteiger partial charge in [-0.2, -0.15) is 13.2 Å². The summed E-state index contributed by atoms with van der Waals surface area (Å²) in [6.45, 7) is 4.29. The number of benzene rings is 1. The molecule has 0 saturated carbocycles. The Morgan fingerprint density at radius 2 is 1.81 bits per heavy atom. The third kappa shape index (κ3) is 3.59. The van der Waals surface area contributed by atoms with E-state index in [1.54, 1.807) is 10.6 Å². The van der Waals surface area contributed by atoms with E-state index < -0.39 is 21.8 Å². The van der Waals surface area contributed by atoms with E-state index >= 15 is 0 Å². The standard InChI is InChI=1S/C17H22F3N3O2S/c1-11(2)12-8-14(17(18,19)20)16-15(9-12)21-10-23(16)13-4-6-22(7-5-13)26(3,24)25/h8-11,13H,4-7H2,1-3H3. The summed E-state index contributed by atoms with van der Waals surface area (Å²) < 4.78 is 67.2. The molecule has 0 atom stereocenters. The number of hydrogen-bond acceptors (Lipinski definition) is 3. The topological polar surface area (TPSA) is 55.2 Å². The van der Waals surface area contributed by atoms with E-state index in [1.807, 2.05) is 13.8 Å². The first-order valence-corrected chi connectivity index (χ1v) is 10.4. The molecule has 2 heterocycles. The van der Waals surface area contributed by atoms with Gasteiger partial charge in [0, 0.05) is 19.1 Å². The van der Waals surface area contributed by atoms with Gasteiger partial charge < -0.3 is 4.57 Å². The van der Waals surface area contributed by atoms with Crippen molar-refractivity contribution in [2.45, 2.75) is 44.8 Å². The average Bonchev–Trinajstić information content (AvgIpc) is 2.96. The molecule has 26 heavy (non-hydrogen) atoms. The molecule has 0 N–H and O–H groups in total. The maximum Gasteiger partial charge on any atom is 0.418 e. The summed E-state index contributed by atoms with van der Waals surface area (Å²) >= 11 is 0. The van der Waals surface area contributed by atoms with Crippen molar-refractivity contribution in [3.05, 3.63) is 29.6 Å². The third-order valence-electron chi connectivity index (χ3n) is 4.95. The lowest BCUT2D eigenvalue weighted by atomic mass is 9.98. The van der Waals surface area contributed by atoms with Crippen molar-refractivity contribution in [2.24, 2.45) is 0 Å². The van der Waals surface area contributed by atoms with Crippen LogP contribution in [0, 0.1) is 0 Å². The van der Waals surface area contributed by atoms with Crippen LogP contribution >= 0.6 is 0 Å². The van der Waals surface area contributed by atoms with E-state index in [9.17, 15) is 21.6 Å². The number of halogens is 3. The molecule has 0 amide bonds. The van der Waals surface area contributed by atoms with Gasteiger partial charge >= 0.3 is 6.18 Å². The van der Waals surface area contributed by atoms with Crippen LogP contribution in [0.15, 0.2) is 18.5 Å². The van der Waals surface area contributed by atoms with E-state index in [1.165, 1.54) is 16.7 Å². The van der Waals surface area contributed by atoms with Crippen LogP contribution in [0.5, 0.6) is 0 Å². The van der Waals surface area contributed by atoms with Crippen LogP contribution in [-0.4, -0.2) is 41.6 Å². The van der Waals surface area contributed by atoms with Crippen LogP contribution in [0.4, 0.5) is 13.2 Å². The van der Waals surface area contributed by atoms with E-state index in [0.29, 0.717) is 37.0 Å². The maximum absolute atomic E-state index is 13.7. The Labute approximate surface area is 150 Å². The highest BCUT2D eigenvalue weighted by Crippen LogP contribution is 2.39. The molecule has 2 aromatic rings. The number of nitrogens with zero attached hydrogens (tertiary/aromatic N) is 3. The zero-order valence-electron chi connectivity index (χ0n) is 14.9. The van der Waals surface area contributed by atoms with Crippen molar-refractivity contribution in [2.75, 3.05) is 19.3 Å². The second kappa shape index (κ2) is 6.53. The number of fused-ring (bicyclic) bond motifs is 1. The highest BCUT2D eigenvalue weighted by atomic mass is 32.2. The Hall–Kier alpha value is -1.61. The van der Waals surface area contributed by atoms with Crippen LogP contribution in [0.2, 0.25) is 0 Å². The fourth-order valence-electron chi connectivity index (χ4n) is 3.47.